The minimum absolute atomic E-state index is 0.0226. The topological polar surface area (TPSA) is 59.6 Å². The Morgan fingerprint density at radius 2 is 1.88 bits per heavy atom. The van der Waals surface area contributed by atoms with Gasteiger partial charge in [0.1, 0.15) is 5.75 Å². The van der Waals surface area contributed by atoms with E-state index in [1.807, 2.05) is 44.2 Å². The van der Waals surface area contributed by atoms with E-state index in [0.29, 0.717) is 17.3 Å². The molecule has 0 aromatic heterocycles. The number of carbonyl (C=O) groups excluding carboxylic acids is 1. The van der Waals surface area contributed by atoms with Crippen LogP contribution in [0.25, 0.3) is 0 Å². The van der Waals surface area contributed by atoms with Gasteiger partial charge in [-0.15, -0.1) is 0 Å². The molecule has 0 bridgehead atoms. The second kappa shape index (κ2) is 9.20. The van der Waals surface area contributed by atoms with Crippen LogP contribution in [0.1, 0.15) is 41.4 Å². The van der Waals surface area contributed by atoms with Crippen molar-refractivity contribution in [3.63, 3.8) is 0 Å². The molecule has 138 valence electrons. The van der Waals surface area contributed by atoms with Gasteiger partial charge in [-0.05, 0) is 68.4 Å². The van der Waals surface area contributed by atoms with E-state index in [0.717, 1.165) is 22.6 Å². The number of thiocarbonyl (C=S) groups is 1. The van der Waals surface area contributed by atoms with Crippen molar-refractivity contribution in [1.82, 2.24) is 5.32 Å². The molecule has 0 saturated carbocycles. The average Bonchev–Trinajstić information content (AvgIpc) is 2.63. The lowest BCUT2D eigenvalue weighted by molar-refractivity contribution is 0.0526. The minimum Gasteiger partial charge on any atom is -0.497 e. The van der Waals surface area contributed by atoms with Crippen LogP contribution in [0.5, 0.6) is 5.75 Å². The first-order chi connectivity index (χ1) is 12.4. The number of anilines is 1. The summed E-state index contributed by atoms with van der Waals surface area (Å²) in [6, 6.07) is 13.2. The number of nitrogens with one attached hydrogen (secondary N) is 2. The van der Waals surface area contributed by atoms with E-state index in [1.165, 1.54) is 0 Å². The van der Waals surface area contributed by atoms with Gasteiger partial charge in [0.25, 0.3) is 0 Å². The highest BCUT2D eigenvalue weighted by Gasteiger charge is 2.11. The first kappa shape index (κ1) is 19.7. The van der Waals surface area contributed by atoms with E-state index in [2.05, 4.69) is 10.6 Å². The molecule has 0 spiro atoms. The summed E-state index contributed by atoms with van der Waals surface area (Å²) >= 11 is 5.42. The molecule has 0 fully saturated rings. The summed E-state index contributed by atoms with van der Waals surface area (Å²) in [7, 11) is 1.64. The molecular formula is C20H24N2O3S. The number of esters is 1. The fourth-order valence-electron chi connectivity index (χ4n) is 2.43. The van der Waals surface area contributed by atoms with E-state index in [-0.39, 0.29) is 12.0 Å². The lowest BCUT2D eigenvalue weighted by Crippen LogP contribution is -2.31. The lowest BCUT2D eigenvalue weighted by atomic mass is 10.1. The molecule has 26 heavy (non-hydrogen) atoms. The van der Waals surface area contributed by atoms with E-state index in [9.17, 15) is 4.79 Å². The summed E-state index contributed by atoms with van der Waals surface area (Å²) in [6.45, 7) is 6.10. The fourth-order valence-corrected chi connectivity index (χ4v) is 2.72. The standard InChI is InChI=1S/C20H24N2O3S/c1-5-25-19(23)16-7-6-13(2)18(12-16)22-20(26)21-14(3)15-8-10-17(24-4)11-9-15/h6-12,14H,5H2,1-4H3,(H2,21,22,26)/t14-/m0/s1. The highest BCUT2D eigenvalue weighted by Crippen LogP contribution is 2.20. The van der Waals surface area contributed by atoms with E-state index < -0.39 is 0 Å². The van der Waals surface area contributed by atoms with Gasteiger partial charge in [0.2, 0.25) is 0 Å². The monoisotopic (exact) mass is 372 g/mol. The maximum atomic E-state index is 11.9. The molecule has 0 heterocycles. The molecule has 2 aromatic rings. The normalized spacial score (nSPS) is 11.4. The highest BCUT2D eigenvalue weighted by molar-refractivity contribution is 7.80. The van der Waals surface area contributed by atoms with Gasteiger partial charge >= 0.3 is 5.97 Å². The van der Waals surface area contributed by atoms with Crippen LogP contribution in [0.2, 0.25) is 0 Å². The molecule has 2 rings (SSSR count). The second-order valence-corrected chi connectivity index (χ2v) is 6.25. The van der Waals surface area contributed by atoms with Gasteiger partial charge < -0.3 is 20.1 Å². The van der Waals surface area contributed by atoms with Gasteiger partial charge in [0, 0.05) is 5.69 Å². The van der Waals surface area contributed by atoms with Crippen molar-refractivity contribution in [3.8, 4) is 5.75 Å². The Kier molecular flexibility index (Phi) is 6.97. The number of aryl methyl sites for hydroxylation is 1. The Hall–Kier alpha value is -2.60. The molecule has 0 radical (unpaired) electrons. The van der Waals surface area contributed by atoms with Crippen molar-refractivity contribution < 1.29 is 14.3 Å². The fraction of sp³-hybridized carbons (Fsp3) is 0.300. The molecule has 2 aromatic carbocycles. The van der Waals surface area contributed by atoms with E-state index in [4.69, 9.17) is 21.7 Å². The summed E-state index contributed by atoms with van der Waals surface area (Å²) in [5.74, 6) is 0.467. The van der Waals surface area contributed by atoms with Crippen LogP contribution < -0.4 is 15.4 Å². The Labute approximate surface area is 159 Å². The third kappa shape index (κ3) is 5.20. The third-order valence-electron chi connectivity index (χ3n) is 3.96. The molecule has 5 nitrogen and oxygen atoms in total. The zero-order valence-electron chi connectivity index (χ0n) is 15.5. The van der Waals surface area contributed by atoms with Gasteiger partial charge in [-0.1, -0.05) is 18.2 Å². The lowest BCUT2D eigenvalue weighted by Gasteiger charge is -2.19. The van der Waals surface area contributed by atoms with Crippen molar-refractivity contribution in [3.05, 3.63) is 59.2 Å². The Morgan fingerprint density at radius 3 is 2.50 bits per heavy atom. The number of hydrogen-bond donors (Lipinski definition) is 2. The minimum atomic E-state index is -0.346. The van der Waals surface area contributed by atoms with Gasteiger partial charge in [-0.25, -0.2) is 4.79 Å². The average molecular weight is 372 g/mol. The molecule has 0 unspecified atom stereocenters. The Balaban J connectivity index is 2.04. The molecule has 6 heteroatoms. The van der Waals surface area contributed by atoms with Crippen molar-refractivity contribution in [2.45, 2.75) is 26.8 Å². The van der Waals surface area contributed by atoms with E-state index >= 15 is 0 Å². The SMILES string of the molecule is CCOC(=O)c1ccc(C)c(NC(=S)N[C@@H](C)c2ccc(OC)cc2)c1. The summed E-state index contributed by atoms with van der Waals surface area (Å²) in [5.41, 5.74) is 3.34. The second-order valence-electron chi connectivity index (χ2n) is 5.84. The Bertz CT molecular complexity index is 775. The van der Waals surface area contributed by atoms with Crippen molar-refractivity contribution in [1.29, 1.82) is 0 Å². The number of hydrogen-bond acceptors (Lipinski definition) is 4. The molecule has 2 N–H and O–H groups in total. The summed E-state index contributed by atoms with van der Waals surface area (Å²) in [4.78, 5) is 11.9. The number of rotatable bonds is 6. The zero-order chi connectivity index (χ0) is 19.1. The molecule has 0 saturated heterocycles. The number of carbonyl (C=O) groups is 1. The van der Waals surface area contributed by atoms with Crippen LogP contribution in [0.4, 0.5) is 5.69 Å². The van der Waals surface area contributed by atoms with Crippen LogP contribution in [0, 0.1) is 6.92 Å². The number of ether oxygens (including phenoxy) is 2. The zero-order valence-corrected chi connectivity index (χ0v) is 16.3. The molecule has 0 aliphatic rings. The molecule has 0 amide bonds. The van der Waals surface area contributed by atoms with Crippen LogP contribution in [0.3, 0.4) is 0 Å². The van der Waals surface area contributed by atoms with Crippen molar-refractivity contribution >= 4 is 29.0 Å². The molecule has 0 aliphatic heterocycles. The maximum absolute atomic E-state index is 11.9. The Morgan fingerprint density at radius 1 is 1.19 bits per heavy atom. The van der Waals surface area contributed by atoms with Crippen LogP contribution in [-0.4, -0.2) is 24.8 Å². The number of methoxy groups -OCH3 is 1. The van der Waals surface area contributed by atoms with Crippen molar-refractivity contribution in [2.75, 3.05) is 19.0 Å². The quantitative estimate of drug-likeness (QED) is 0.585. The molecular weight excluding hydrogens is 348 g/mol. The van der Waals surface area contributed by atoms with Crippen LogP contribution in [0.15, 0.2) is 42.5 Å². The van der Waals surface area contributed by atoms with Crippen LogP contribution in [-0.2, 0) is 4.74 Å². The summed E-state index contributed by atoms with van der Waals surface area (Å²) < 4.78 is 10.2. The third-order valence-corrected chi connectivity index (χ3v) is 4.18. The van der Waals surface area contributed by atoms with Gasteiger partial charge in [-0.3, -0.25) is 0 Å². The molecule has 0 aliphatic carbocycles. The predicted octanol–water partition coefficient (Wildman–Crippen LogP) is 4.23. The predicted molar refractivity (Wildman–Crippen MR) is 108 cm³/mol. The van der Waals surface area contributed by atoms with Gasteiger partial charge in [0.05, 0.1) is 25.3 Å². The van der Waals surface area contributed by atoms with E-state index in [1.54, 1.807) is 26.2 Å². The summed E-state index contributed by atoms with van der Waals surface area (Å²) in [5, 5.41) is 6.89. The smallest absolute Gasteiger partial charge is 0.338 e. The van der Waals surface area contributed by atoms with Gasteiger partial charge in [-0.2, -0.15) is 0 Å². The maximum Gasteiger partial charge on any atom is 0.338 e. The highest BCUT2D eigenvalue weighted by atomic mass is 32.1. The largest absolute Gasteiger partial charge is 0.497 e. The van der Waals surface area contributed by atoms with Crippen molar-refractivity contribution in [2.24, 2.45) is 0 Å². The first-order valence-electron chi connectivity index (χ1n) is 8.43. The number of benzene rings is 2. The first-order valence-corrected chi connectivity index (χ1v) is 8.84. The van der Waals surface area contributed by atoms with Crippen LogP contribution >= 0.6 is 12.2 Å². The van der Waals surface area contributed by atoms with Gasteiger partial charge in [0.15, 0.2) is 5.11 Å². The molecule has 1 atom stereocenters. The summed E-state index contributed by atoms with van der Waals surface area (Å²) in [6.07, 6.45) is 0.